The van der Waals surface area contributed by atoms with Gasteiger partial charge in [-0.1, -0.05) is 0 Å². The monoisotopic (exact) mass is 252 g/mol. The molecular formula is C11H12N2O3S. The molecule has 0 fully saturated rings. The smallest absolute Gasteiger partial charge is 0.356 e. The van der Waals surface area contributed by atoms with Gasteiger partial charge in [0.15, 0.2) is 5.69 Å². The molecule has 1 N–H and O–H groups in total. The normalized spacial score (nSPS) is 10.7. The van der Waals surface area contributed by atoms with Gasteiger partial charge >= 0.3 is 5.97 Å². The van der Waals surface area contributed by atoms with Crippen molar-refractivity contribution in [2.75, 3.05) is 13.4 Å². The van der Waals surface area contributed by atoms with Gasteiger partial charge in [0.05, 0.1) is 18.4 Å². The highest BCUT2D eigenvalue weighted by Gasteiger charge is 2.16. The summed E-state index contributed by atoms with van der Waals surface area (Å²) in [6, 6.07) is 3.46. The molecule has 90 valence electrons. The molecule has 0 aromatic carbocycles. The number of rotatable bonds is 4. The van der Waals surface area contributed by atoms with Crippen LogP contribution in [-0.2, 0) is 5.75 Å². The van der Waals surface area contributed by atoms with Gasteiger partial charge in [0.2, 0.25) is 0 Å². The molecule has 0 unspecified atom stereocenters. The van der Waals surface area contributed by atoms with Crippen LogP contribution in [0, 0.1) is 0 Å². The van der Waals surface area contributed by atoms with Gasteiger partial charge in [-0.05, 0) is 12.3 Å². The van der Waals surface area contributed by atoms with Crippen LogP contribution in [0.2, 0.25) is 0 Å². The van der Waals surface area contributed by atoms with E-state index in [-0.39, 0.29) is 5.69 Å². The van der Waals surface area contributed by atoms with E-state index in [1.54, 1.807) is 41.6 Å². The third kappa shape index (κ3) is 2.08. The number of aromatic nitrogens is 2. The Balaban J connectivity index is 2.67. The maximum atomic E-state index is 11.1. The molecule has 0 aliphatic rings. The standard InChI is InChI=1S/C11H12N2O3S/c1-16-7-3-4-13-8(5-7)10(11(14)15)12-9(13)6-17-2/h3-5H,6H2,1-2H3,(H,14,15). The highest BCUT2D eigenvalue weighted by Crippen LogP contribution is 2.21. The quantitative estimate of drug-likeness (QED) is 0.900. The van der Waals surface area contributed by atoms with E-state index in [9.17, 15) is 4.79 Å². The maximum Gasteiger partial charge on any atom is 0.356 e. The summed E-state index contributed by atoms with van der Waals surface area (Å²) in [5.74, 6) is 0.993. The van der Waals surface area contributed by atoms with E-state index < -0.39 is 5.97 Å². The summed E-state index contributed by atoms with van der Waals surface area (Å²) in [5.41, 5.74) is 0.619. The van der Waals surface area contributed by atoms with Gasteiger partial charge in [0.25, 0.3) is 0 Å². The predicted molar refractivity (Wildman–Crippen MR) is 65.9 cm³/mol. The molecule has 0 aliphatic heterocycles. The van der Waals surface area contributed by atoms with Gasteiger partial charge in [0.1, 0.15) is 11.6 Å². The number of carboxylic acids is 1. The fourth-order valence-corrected chi connectivity index (χ4v) is 2.11. The minimum Gasteiger partial charge on any atom is -0.497 e. The van der Waals surface area contributed by atoms with Gasteiger partial charge < -0.3 is 14.2 Å². The summed E-state index contributed by atoms with van der Waals surface area (Å²) in [6.45, 7) is 0. The van der Waals surface area contributed by atoms with Crippen molar-refractivity contribution in [1.82, 2.24) is 9.38 Å². The molecule has 17 heavy (non-hydrogen) atoms. The van der Waals surface area contributed by atoms with Gasteiger partial charge in [-0.15, -0.1) is 0 Å². The zero-order chi connectivity index (χ0) is 12.4. The molecule has 5 nitrogen and oxygen atoms in total. The molecule has 2 rings (SSSR count). The zero-order valence-electron chi connectivity index (χ0n) is 9.51. The van der Waals surface area contributed by atoms with E-state index in [2.05, 4.69) is 4.98 Å². The SMILES string of the molecule is COc1ccn2c(CSC)nc(C(=O)O)c2c1. The molecule has 6 heteroatoms. The molecule has 2 aromatic rings. The van der Waals surface area contributed by atoms with E-state index in [0.29, 0.717) is 17.0 Å². The zero-order valence-corrected chi connectivity index (χ0v) is 10.3. The third-order valence-electron chi connectivity index (χ3n) is 2.40. The lowest BCUT2D eigenvalue weighted by Gasteiger charge is -2.02. The van der Waals surface area contributed by atoms with E-state index in [4.69, 9.17) is 9.84 Å². The lowest BCUT2D eigenvalue weighted by Crippen LogP contribution is -1.97. The minimum atomic E-state index is -1.02. The van der Waals surface area contributed by atoms with Crippen LogP contribution in [-0.4, -0.2) is 33.8 Å². The number of pyridine rings is 1. The lowest BCUT2D eigenvalue weighted by atomic mass is 10.3. The molecule has 0 radical (unpaired) electrons. The number of methoxy groups -OCH3 is 1. The van der Waals surface area contributed by atoms with Crippen molar-refractivity contribution in [2.45, 2.75) is 5.75 Å². The Bertz CT molecular complexity index is 565. The van der Waals surface area contributed by atoms with Crippen LogP contribution < -0.4 is 4.74 Å². The number of carboxylic acid groups (broad SMARTS) is 1. The number of hydrogen-bond acceptors (Lipinski definition) is 4. The predicted octanol–water partition coefficient (Wildman–Crippen LogP) is 1.90. The number of fused-ring (bicyclic) bond motifs is 1. The van der Waals surface area contributed by atoms with Crippen LogP contribution in [0.5, 0.6) is 5.75 Å². The van der Waals surface area contributed by atoms with Crippen molar-refractivity contribution in [3.63, 3.8) is 0 Å². The van der Waals surface area contributed by atoms with Crippen molar-refractivity contribution >= 4 is 23.2 Å². The largest absolute Gasteiger partial charge is 0.497 e. The Morgan fingerprint density at radius 2 is 2.41 bits per heavy atom. The summed E-state index contributed by atoms with van der Waals surface area (Å²) in [6.07, 6.45) is 3.73. The van der Waals surface area contributed by atoms with Gasteiger partial charge in [-0.2, -0.15) is 11.8 Å². The van der Waals surface area contributed by atoms with E-state index >= 15 is 0 Å². The lowest BCUT2D eigenvalue weighted by molar-refractivity contribution is 0.0693. The van der Waals surface area contributed by atoms with Gasteiger partial charge in [-0.25, -0.2) is 9.78 Å². The second-order valence-electron chi connectivity index (χ2n) is 3.44. The van der Waals surface area contributed by atoms with Crippen LogP contribution in [0.1, 0.15) is 16.3 Å². The van der Waals surface area contributed by atoms with Crippen LogP contribution in [0.25, 0.3) is 5.52 Å². The van der Waals surface area contributed by atoms with E-state index in [0.717, 1.165) is 5.82 Å². The molecule has 0 bridgehead atoms. The molecule has 0 saturated carbocycles. The summed E-state index contributed by atoms with van der Waals surface area (Å²) in [4.78, 5) is 15.2. The minimum absolute atomic E-state index is 0.0629. The fourth-order valence-electron chi connectivity index (χ4n) is 1.64. The average molecular weight is 252 g/mol. The summed E-state index contributed by atoms with van der Waals surface area (Å²) >= 11 is 1.60. The molecule has 0 atom stereocenters. The summed E-state index contributed by atoms with van der Waals surface area (Å²) in [5, 5.41) is 9.10. The first-order valence-electron chi connectivity index (χ1n) is 4.94. The van der Waals surface area contributed by atoms with Crippen LogP contribution in [0.15, 0.2) is 18.3 Å². The van der Waals surface area contributed by atoms with Crippen molar-refractivity contribution in [3.05, 3.63) is 29.8 Å². The summed E-state index contributed by atoms with van der Waals surface area (Å²) < 4.78 is 6.87. The van der Waals surface area contributed by atoms with Crippen LogP contribution in [0.4, 0.5) is 0 Å². The molecule has 0 saturated heterocycles. The van der Waals surface area contributed by atoms with Crippen molar-refractivity contribution in [3.8, 4) is 5.75 Å². The Labute approximate surface area is 102 Å². The molecule has 2 aromatic heterocycles. The van der Waals surface area contributed by atoms with E-state index in [1.807, 2.05) is 6.26 Å². The van der Waals surface area contributed by atoms with Crippen LogP contribution in [0.3, 0.4) is 0 Å². The van der Waals surface area contributed by atoms with Crippen LogP contribution >= 0.6 is 11.8 Å². The topological polar surface area (TPSA) is 63.8 Å². The number of hydrogen-bond donors (Lipinski definition) is 1. The first kappa shape index (κ1) is 11.8. The Morgan fingerprint density at radius 3 is 3.00 bits per heavy atom. The highest BCUT2D eigenvalue weighted by atomic mass is 32.2. The number of thioether (sulfide) groups is 1. The Morgan fingerprint density at radius 1 is 1.65 bits per heavy atom. The molecule has 2 heterocycles. The Hall–Kier alpha value is -1.69. The summed E-state index contributed by atoms with van der Waals surface area (Å²) in [7, 11) is 1.55. The molecule has 0 amide bonds. The molecule has 0 aliphatic carbocycles. The fraction of sp³-hybridized carbons (Fsp3) is 0.273. The molecule has 0 spiro atoms. The van der Waals surface area contributed by atoms with Crippen molar-refractivity contribution in [1.29, 1.82) is 0 Å². The maximum absolute atomic E-state index is 11.1. The first-order chi connectivity index (χ1) is 8.17. The number of imidazole rings is 1. The third-order valence-corrected chi connectivity index (χ3v) is 2.95. The highest BCUT2D eigenvalue weighted by molar-refractivity contribution is 7.97. The van der Waals surface area contributed by atoms with Gasteiger partial charge in [0, 0.05) is 12.3 Å². The number of aromatic carboxylic acids is 1. The van der Waals surface area contributed by atoms with Crippen molar-refractivity contribution in [2.24, 2.45) is 0 Å². The Kier molecular flexibility index (Phi) is 3.23. The number of carbonyl (C=O) groups is 1. The second-order valence-corrected chi connectivity index (χ2v) is 4.30. The first-order valence-corrected chi connectivity index (χ1v) is 6.34. The van der Waals surface area contributed by atoms with Crippen molar-refractivity contribution < 1.29 is 14.6 Å². The van der Waals surface area contributed by atoms with Gasteiger partial charge in [-0.3, -0.25) is 0 Å². The second kappa shape index (κ2) is 4.67. The number of ether oxygens (including phenoxy) is 1. The molecular weight excluding hydrogens is 240 g/mol. The number of nitrogens with zero attached hydrogens (tertiary/aromatic N) is 2. The average Bonchev–Trinajstić information content (AvgIpc) is 2.68. The van der Waals surface area contributed by atoms with E-state index in [1.165, 1.54) is 0 Å².